The first-order valence-corrected chi connectivity index (χ1v) is 5.28. The molecule has 82 valence electrons. The number of amides is 1. The van der Waals surface area contributed by atoms with Crippen molar-refractivity contribution in [3.8, 4) is 0 Å². The normalized spacial score (nSPS) is 10.1. The average molecular weight is 282 g/mol. The number of nitrogens with zero attached hydrogens (tertiary/aromatic N) is 4. The minimum atomic E-state index is -0.198. The Morgan fingerprint density at radius 1 is 1.50 bits per heavy atom. The van der Waals surface area contributed by atoms with Gasteiger partial charge in [0.15, 0.2) is 0 Å². The van der Waals surface area contributed by atoms with Crippen LogP contribution in [0.3, 0.4) is 0 Å². The predicted molar refractivity (Wildman–Crippen MR) is 60.6 cm³/mol. The van der Waals surface area contributed by atoms with Gasteiger partial charge < -0.3 is 5.32 Å². The van der Waals surface area contributed by atoms with Crippen LogP contribution in [0.1, 0.15) is 0 Å². The van der Waals surface area contributed by atoms with E-state index >= 15 is 0 Å². The Kier molecular flexibility index (Phi) is 3.25. The molecule has 0 aliphatic rings. The molecular weight excluding hydrogens is 274 g/mol. The zero-order valence-corrected chi connectivity index (χ0v) is 9.75. The van der Waals surface area contributed by atoms with E-state index < -0.39 is 0 Å². The molecular formula is C9H8BrN5O. The molecule has 1 N–H and O–H groups in total. The van der Waals surface area contributed by atoms with E-state index in [9.17, 15) is 4.79 Å². The molecule has 1 amide bonds. The summed E-state index contributed by atoms with van der Waals surface area (Å²) in [4.78, 5) is 19.4. The molecule has 0 aromatic carbocycles. The van der Waals surface area contributed by atoms with Gasteiger partial charge in [0, 0.05) is 0 Å². The highest BCUT2D eigenvalue weighted by Gasteiger charge is 2.04. The van der Waals surface area contributed by atoms with E-state index in [1.807, 2.05) is 0 Å². The molecule has 7 heteroatoms. The number of carbonyl (C=O) groups is 1. The van der Waals surface area contributed by atoms with Crippen molar-refractivity contribution in [2.75, 3.05) is 5.32 Å². The molecule has 0 radical (unpaired) electrons. The first kappa shape index (κ1) is 10.7. The fraction of sp³-hybridized carbons (Fsp3) is 0.111. The lowest BCUT2D eigenvalue weighted by Gasteiger charge is -2.04. The summed E-state index contributed by atoms with van der Waals surface area (Å²) in [5, 5.41) is 6.48. The van der Waals surface area contributed by atoms with E-state index in [1.165, 1.54) is 17.3 Å². The number of aromatic nitrogens is 4. The Labute approximate surface area is 99.8 Å². The van der Waals surface area contributed by atoms with Crippen LogP contribution in [0.25, 0.3) is 0 Å². The Morgan fingerprint density at radius 2 is 2.38 bits per heavy atom. The third kappa shape index (κ3) is 2.86. The maximum absolute atomic E-state index is 11.5. The van der Waals surface area contributed by atoms with Gasteiger partial charge in [-0.1, -0.05) is 6.07 Å². The Hall–Kier alpha value is -1.76. The largest absolute Gasteiger partial charge is 0.309 e. The molecule has 0 unspecified atom stereocenters. The van der Waals surface area contributed by atoms with Crippen molar-refractivity contribution in [3.05, 3.63) is 35.5 Å². The summed E-state index contributed by atoms with van der Waals surface area (Å²) in [5.74, 6) is 0.301. The standard InChI is InChI=1S/C9H8BrN5O/c10-7-2-1-3-8(13-7)14-9(16)4-15-6-11-5-12-15/h1-3,5-6H,4H2,(H,13,14,16). The molecule has 0 aliphatic carbocycles. The fourth-order valence-corrected chi connectivity index (χ4v) is 1.47. The van der Waals surface area contributed by atoms with Gasteiger partial charge in [-0.05, 0) is 28.1 Å². The van der Waals surface area contributed by atoms with Crippen LogP contribution in [0.15, 0.2) is 35.5 Å². The van der Waals surface area contributed by atoms with Crippen LogP contribution in [-0.2, 0) is 11.3 Å². The molecule has 2 aromatic rings. The van der Waals surface area contributed by atoms with Gasteiger partial charge in [-0.25, -0.2) is 14.6 Å². The number of pyridine rings is 1. The minimum Gasteiger partial charge on any atom is -0.309 e. The van der Waals surface area contributed by atoms with Crippen LogP contribution in [-0.4, -0.2) is 25.7 Å². The number of anilines is 1. The second-order valence-electron chi connectivity index (χ2n) is 2.99. The zero-order chi connectivity index (χ0) is 11.4. The summed E-state index contributed by atoms with van der Waals surface area (Å²) >= 11 is 3.22. The Balaban J connectivity index is 1.97. The summed E-state index contributed by atoms with van der Waals surface area (Å²) in [5.41, 5.74) is 0. The SMILES string of the molecule is O=C(Cn1cncn1)Nc1cccc(Br)n1. The van der Waals surface area contributed by atoms with Crippen LogP contribution >= 0.6 is 15.9 Å². The molecule has 2 aromatic heterocycles. The van der Waals surface area contributed by atoms with Gasteiger partial charge in [-0.3, -0.25) is 4.79 Å². The highest BCUT2D eigenvalue weighted by atomic mass is 79.9. The number of hydrogen-bond acceptors (Lipinski definition) is 4. The van der Waals surface area contributed by atoms with E-state index in [0.717, 1.165) is 0 Å². The molecule has 16 heavy (non-hydrogen) atoms. The second-order valence-corrected chi connectivity index (χ2v) is 3.80. The number of hydrogen-bond donors (Lipinski definition) is 1. The van der Waals surface area contributed by atoms with Crippen LogP contribution in [0, 0.1) is 0 Å². The first-order chi connectivity index (χ1) is 7.74. The van der Waals surface area contributed by atoms with Gasteiger partial charge in [-0.15, -0.1) is 0 Å². The maximum Gasteiger partial charge on any atom is 0.247 e. The number of carbonyl (C=O) groups excluding carboxylic acids is 1. The zero-order valence-electron chi connectivity index (χ0n) is 8.17. The molecule has 0 saturated carbocycles. The molecule has 0 aliphatic heterocycles. The van der Waals surface area contributed by atoms with Crippen molar-refractivity contribution < 1.29 is 4.79 Å². The third-order valence-corrected chi connectivity index (χ3v) is 2.20. The number of nitrogens with one attached hydrogen (secondary N) is 1. The van der Waals surface area contributed by atoms with Crippen molar-refractivity contribution in [1.82, 2.24) is 19.7 Å². The Morgan fingerprint density at radius 3 is 3.06 bits per heavy atom. The van der Waals surface area contributed by atoms with Crippen molar-refractivity contribution in [2.45, 2.75) is 6.54 Å². The summed E-state index contributed by atoms with van der Waals surface area (Å²) in [6, 6.07) is 5.29. The summed E-state index contributed by atoms with van der Waals surface area (Å²) in [6.45, 7) is 0.119. The average Bonchev–Trinajstić information content (AvgIpc) is 2.70. The smallest absolute Gasteiger partial charge is 0.247 e. The maximum atomic E-state index is 11.5. The quantitative estimate of drug-likeness (QED) is 0.855. The molecule has 0 spiro atoms. The van der Waals surface area contributed by atoms with Crippen molar-refractivity contribution in [2.24, 2.45) is 0 Å². The number of rotatable bonds is 3. The van der Waals surface area contributed by atoms with Gasteiger partial charge in [0.2, 0.25) is 5.91 Å². The van der Waals surface area contributed by atoms with Crippen LogP contribution in [0.4, 0.5) is 5.82 Å². The number of halogens is 1. The van der Waals surface area contributed by atoms with Crippen molar-refractivity contribution >= 4 is 27.7 Å². The topological polar surface area (TPSA) is 72.7 Å². The van der Waals surface area contributed by atoms with Gasteiger partial charge in [0.05, 0.1) is 0 Å². The fourth-order valence-electron chi connectivity index (χ4n) is 1.12. The van der Waals surface area contributed by atoms with Gasteiger partial charge in [-0.2, -0.15) is 5.10 Å². The van der Waals surface area contributed by atoms with Gasteiger partial charge in [0.1, 0.15) is 29.6 Å². The molecule has 6 nitrogen and oxygen atoms in total. The molecule has 2 rings (SSSR count). The first-order valence-electron chi connectivity index (χ1n) is 4.49. The van der Waals surface area contributed by atoms with Crippen molar-refractivity contribution in [3.63, 3.8) is 0 Å². The molecule has 0 bridgehead atoms. The lowest BCUT2D eigenvalue weighted by molar-refractivity contribution is -0.116. The highest BCUT2D eigenvalue weighted by molar-refractivity contribution is 9.10. The Bertz CT molecular complexity index is 484. The van der Waals surface area contributed by atoms with Crippen molar-refractivity contribution in [1.29, 1.82) is 0 Å². The van der Waals surface area contributed by atoms with E-state index in [-0.39, 0.29) is 12.5 Å². The van der Waals surface area contributed by atoms with E-state index in [0.29, 0.717) is 10.4 Å². The molecule has 0 fully saturated rings. The summed E-state index contributed by atoms with van der Waals surface area (Å²) in [6.07, 6.45) is 2.86. The van der Waals surface area contributed by atoms with Crippen LogP contribution in [0.5, 0.6) is 0 Å². The monoisotopic (exact) mass is 281 g/mol. The highest BCUT2D eigenvalue weighted by Crippen LogP contribution is 2.09. The van der Waals surface area contributed by atoms with E-state index in [4.69, 9.17) is 0 Å². The summed E-state index contributed by atoms with van der Waals surface area (Å²) < 4.78 is 2.11. The predicted octanol–water partition coefficient (Wildman–Crippen LogP) is 1.07. The van der Waals surface area contributed by atoms with E-state index in [1.54, 1.807) is 18.2 Å². The second kappa shape index (κ2) is 4.84. The van der Waals surface area contributed by atoms with Crippen LogP contribution < -0.4 is 5.32 Å². The molecule has 0 saturated heterocycles. The summed E-state index contributed by atoms with van der Waals surface area (Å²) in [7, 11) is 0. The van der Waals surface area contributed by atoms with Crippen LogP contribution in [0.2, 0.25) is 0 Å². The van der Waals surface area contributed by atoms with Gasteiger partial charge in [0.25, 0.3) is 0 Å². The molecule has 0 atom stereocenters. The molecule has 2 heterocycles. The van der Waals surface area contributed by atoms with E-state index in [2.05, 4.69) is 36.3 Å². The minimum absolute atomic E-state index is 0.119. The lowest BCUT2D eigenvalue weighted by Crippen LogP contribution is -2.19. The third-order valence-electron chi connectivity index (χ3n) is 1.75. The lowest BCUT2D eigenvalue weighted by atomic mass is 10.4. The van der Waals surface area contributed by atoms with Gasteiger partial charge >= 0.3 is 0 Å².